The van der Waals surface area contributed by atoms with E-state index in [0.717, 1.165) is 16.9 Å². The zero-order valence-electron chi connectivity index (χ0n) is 11.0. The van der Waals surface area contributed by atoms with Crippen molar-refractivity contribution in [2.45, 2.75) is 13.0 Å². The lowest BCUT2D eigenvalue weighted by Gasteiger charge is -2.19. The van der Waals surface area contributed by atoms with Crippen molar-refractivity contribution in [1.29, 1.82) is 0 Å². The highest BCUT2D eigenvalue weighted by Gasteiger charge is 2.31. The monoisotopic (exact) mass is 277 g/mol. The number of hydrogen-bond donors (Lipinski definition) is 2. The number of hydrogen-bond acceptors (Lipinski definition) is 3. The molecule has 0 radical (unpaired) electrons. The van der Waals surface area contributed by atoms with E-state index in [9.17, 15) is 4.79 Å². The molecule has 1 heterocycles. The van der Waals surface area contributed by atoms with Crippen LogP contribution >= 0.6 is 11.6 Å². The number of likely N-dealkylation sites (N-methyl/N-ethyl adjacent to an activating group) is 1. The van der Waals surface area contributed by atoms with Gasteiger partial charge in [0.2, 0.25) is 5.91 Å². The van der Waals surface area contributed by atoms with Gasteiger partial charge in [0.1, 0.15) is 6.04 Å². The second-order valence-electron chi connectivity index (χ2n) is 4.43. The molecule has 0 bridgehead atoms. The molecule has 0 aliphatic carbocycles. The molecule has 100 valence electrons. The first-order valence-electron chi connectivity index (χ1n) is 6.10. The summed E-state index contributed by atoms with van der Waals surface area (Å²) in [4.78, 5) is 13.7. The molecule has 4 nitrogen and oxygen atoms in total. The van der Waals surface area contributed by atoms with Gasteiger partial charge >= 0.3 is 0 Å². The van der Waals surface area contributed by atoms with E-state index in [1.165, 1.54) is 0 Å². The number of carbonyl (C=O) groups is 1. The molecule has 5 heteroatoms. The lowest BCUT2D eigenvalue weighted by Crippen LogP contribution is -2.27. The maximum absolute atomic E-state index is 11.9. The average molecular weight is 278 g/mol. The highest BCUT2D eigenvalue weighted by Crippen LogP contribution is 2.38. The van der Waals surface area contributed by atoms with Crippen molar-refractivity contribution in [2.75, 3.05) is 30.4 Å². The van der Waals surface area contributed by atoms with Crippen molar-refractivity contribution in [3.05, 3.63) is 22.7 Å². The van der Waals surface area contributed by atoms with Crippen LogP contribution in [0.25, 0.3) is 0 Å². The van der Waals surface area contributed by atoms with Crippen LogP contribution in [-0.2, 0) is 4.79 Å². The fourth-order valence-electron chi connectivity index (χ4n) is 2.19. The van der Waals surface area contributed by atoms with E-state index in [-0.39, 0.29) is 11.9 Å². The van der Waals surface area contributed by atoms with Crippen molar-refractivity contribution >= 4 is 28.9 Å². The number of amides is 1. The molecule has 0 spiro atoms. The van der Waals surface area contributed by atoms with E-state index < -0.39 is 0 Å². The zero-order chi connectivity index (χ0) is 14.0. The molecular formula is C14H16ClN3O. The maximum Gasteiger partial charge on any atom is 0.246 e. The third-order valence-electron chi connectivity index (χ3n) is 3.10. The Morgan fingerprint density at radius 2 is 2.32 bits per heavy atom. The quantitative estimate of drug-likeness (QED) is 0.828. The normalized spacial score (nSPS) is 16.7. The molecule has 1 aromatic rings. The van der Waals surface area contributed by atoms with Gasteiger partial charge in [-0.05, 0) is 18.7 Å². The van der Waals surface area contributed by atoms with Crippen molar-refractivity contribution in [2.24, 2.45) is 0 Å². The third-order valence-corrected chi connectivity index (χ3v) is 3.40. The minimum atomic E-state index is -0.329. The molecule has 1 aliphatic rings. The van der Waals surface area contributed by atoms with E-state index >= 15 is 0 Å². The van der Waals surface area contributed by atoms with E-state index in [1.807, 2.05) is 31.0 Å². The molecule has 2 N–H and O–H groups in total. The van der Waals surface area contributed by atoms with Gasteiger partial charge in [-0.15, -0.1) is 6.42 Å². The molecule has 1 aliphatic heterocycles. The predicted molar refractivity (Wildman–Crippen MR) is 78.6 cm³/mol. The summed E-state index contributed by atoms with van der Waals surface area (Å²) >= 11 is 6.27. The number of nitrogens with zero attached hydrogens (tertiary/aromatic N) is 1. The summed E-state index contributed by atoms with van der Waals surface area (Å²) in [6.45, 7) is 3.14. The molecule has 0 saturated carbocycles. The molecule has 0 fully saturated rings. The SMILES string of the molecule is C#CCN(C)c1cc2c(cc1Cl)C(NCC)C(=O)N2. The lowest BCUT2D eigenvalue weighted by molar-refractivity contribution is -0.117. The predicted octanol–water partition coefficient (Wildman–Crippen LogP) is 2.01. The number of terminal acetylenes is 1. The zero-order valence-corrected chi connectivity index (χ0v) is 11.7. The van der Waals surface area contributed by atoms with Crippen molar-refractivity contribution in [3.8, 4) is 12.3 Å². The Labute approximate surface area is 118 Å². The van der Waals surface area contributed by atoms with Gasteiger partial charge in [0.05, 0.1) is 17.3 Å². The highest BCUT2D eigenvalue weighted by molar-refractivity contribution is 6.33. The molecule has 1 atom stereocenters. The van der Waals surface area contributed by atoms with Gasteiger partial charge in [-0.2, -0.15) is 0 Å². The highest BCUT2D eigenvalue weighted by atomic mass is 35.5. The molecule has 19 heavy (non-hydrogen) atoms. The van der Waals surface area contributed by atoms with Crippen LogP contribution in [0.2, 0.25) is 5.02 Å². The number of nitrogens with one attached hydrogen (secondary N) is 2. The Morgan fingerprint density at radius 1 is 1.58 bits per heavy atom. The Hall–Kier alpha value is -1.70. The Bertz CT molecular complexity index is 550. The van der Waals surface area contributed by atoms with E-state index in [0.29, 0.717) is 18.1 Å². The number of benzene rings is 1. The molecule has 2 rings (SSSR count). The van der Waals surface area contributed by atoms with E-state index in [1.54, 1.807) is 0 Å². The van der Waals surface area contributed by atoms with Crippen LogP contribution in [0.4, 0.5) is 11.4 Å². The number of anilines is 2. The minimum Gasteiger partial charge on any atom is -0.362 e. The first kappa shape index (κ1) is 13.7. The molecule has 0 aromatic heterocycles. The van der Waals surface area contributed by atoms with Gasteiger partial charge in [-0.25, -0.2) is 0 Å². The first-order valence-corrected chi connectivity index (χ1v) is 6.48. The smallest absolute Gasteiger partial charge is 0.246 e. The molecule has 1 unspecified atom stereocenters. The summed E-state index contributed by atoms with van der Waals surface area (Å²) in [5.74, 6) is 2.52. The van der Waals surface area contributed by atoms with Crippen LogP contribution in [0, 0.1) is 12.3 Å². The molecule has 1 amide bonds. The fourth-order valence-corrected chi connectivity index (χ4v) is 2.51. The number of halogens is 1. The minimum absolute atomic E-state index is 0.0512. The Balaban J connectivity index is 2.39. The summed E-state index contributed by atoms with van der Waals surface area (Å²) < 4.78 is 0. The van der Waals surface area contributed by atoms with Crippen molar-refractivity contribution in [3.63, 3.8) is 0 Å². The van der Waals surface area contributed by atoms with Gasteiger partial charge in [0.15, 0.2) is 0 Å². The number of rotatable bonds is 4. The van der Waals surface area contributed by atoms with E-state index in [4.69, 9.17) is 18.0 Å². The molecule has 0 saturated heterocycles. The average Bonchev–Trinajstić information content (AvgIpc) is 2.66. The lowest BCUT2D eigenvalue weighted by atomic mass is 10.1. The van der Waals surface area contributed by atoms with Gasteiger partial charge in [0, 0.05) is 18.3 Å². The van der Waals surface area contributed by atoms with Gasteiger partial charge < -0.3 is 15.5 Å². The van der Waals surface area contributed by atoms with Gasteiger partial charge in [-0.1, -0.05) is 24.4 Å². The molecule has 1 aromatic carbocycles. The maximum atomic E-state index is 11.9. The van der Waals surface area contributed by atoms with Crippen LogP contribution < -0.4 is 15.5 Å². The standard InChI is InChI=1S/C14H16ClN3O/c1-4-6-18(3)12-8-11-9(7-10(12)15)13(16-5-2)14(19)17-11/h1,7-8,13,16H,5-6H2,2-3H3,(H,17,19). The second kappa shape index (κ2) is 5.52. The van der Waals surface area contributed by atoms with Crippen LogP contribution in [-0.4, -0.2) is 26.0 Å². The summed E-state index contributed by atoms with van der Waals surface area (Å²) in [5, 5.41) is 6.59. The summed E-state index contributed by atoms with van der Waals surface area (Å²) in [6.07, 6.45) is 5.30. The third kappa shape index (κ3) is 2.53. The largest absolute Gasteiger partial charge is 0.362 e. The van der Waals surface area contributed by atoms with Crippen LogP contribution in [0.15, 0.2) is 12.1 Å². The van der Waals surface area contributed by atoms with Gasteiger partial charge in [-0.3, -0.25) is 4.79 Å². The van der Waals surface area contributed by atoms with Crippen LogP contribution in [0.1, 0.15) is 18.5 Å². The fraction of sp³-hybridized carbons (Fsp3) is 0.357. The topological polar surface area (TPSA) is 44.4 Å². The number of fused-ring (bicyclic) bond motifs is 1. The van der Waals surface area contributed by atoms with Gasteiger partial charge in [0.25, 0.3) is 0 Å². The van der Waals surface area contributed by atoms with Crippen molar-refractivity contribution in [1.82, 2.24) is 5.32 Å². The Kier molecular flexibility index (Phi) is 3.98. The summed E-state index contributed by atoms with van der Waals surface area (Å²) in [6, 6.07) is 3.36. The first-order chi connectivity index (χ1) is 9.08. The summed E-state index contributed by atoms with van der Waals surface area (Å²) in [7, 11) is 1.87. The van der Waals surface area contributed by atoms with Crippen LogP contribution in [0.5, 0.6) is 0 Å². The van der Waals surface area contributed by atoms with Crippen molar-refractivity contribution < 1.29 is 4.79 Å². The van der Waals surface area contributed by atoms with E-state index in [2.05, 4.69) is 16.6 Å². The summed E-state index contributed by atoms with van der Waals surface area (Å²) in [5.41, 5.74) is 2.49. The number of carbonyl (C=O) groups excluding carboxylic acids is 1. The second-order valence-corrected chi connectivity index (χ2v) is 4.84. The Morgan fingerprint density at radius 3 is 2.95 bits per heavy atom. The van der Waals surface area contributed by atoms with Crippen LogP contribution in [0.3, 0.4) is 0 Å². The molecular weight excluding hydrogens is 262 g/mol.